The van der Waals surface area contributed by atoms with Gasteiger partial charge in [0.15, 0.2) is 0 Å². The van der Waals surface area contributed by atoms with Crippen LogP contribution >= 0.6 is 12.6 Å². The number of quaternary nitrogens is 1. The first-order valence-electron chi connectivity index (χ1n) is 7.25. The fraction of sp³-hybridized carbons (Fsp3) is 1.00. The van der Waals surface area contributed by atoms with Gasteiger partial charge in [-0.25, -0.2) is 0 Å². The maximum atomic E-state index is 5.47. The van der Waals surface area contributed by atoms with Gasteiger partial charge in [0, 0.05) is 5.75 Å². The van der Waals surface area contributed by atoms with Crippen LogP contribution in [0.1, 0.15) is 51.4 Å². The highest BCUT2D eigenvalue weighted by molar-refractivity contribution is 7.80. The van der Waals surface area contributed by atoms with Crippen molar-refractivity contribution >= 4 is 12.6 Å². The van der Waals surface area contributed by atoms with Crippen LogP contribution in [0.2, 0.25) is 0 Å². The van der Waals surface area contributed by atoms with Crippen LogP contribution in [0.3, 0.4) is 0 Å². The van der Waals surface area contributed by atoms with Gasteiger partial charge in [-0.1, -0.05) is 32.1 Å². The molecule has 0 aliphatic heterocycles. The molecule has 0 aromatic carbocycles. The Morgan fingerprint density at radius 1 is 0.765 bits per heavy atom. The van der Waals surface area contributed by atoms with Crippen molar-refractivity contribution in [3.8, 4) is 0 Å². The van der Waals surface area contributed by atoms with Crippen molar-refractivity contribution in [1.29, 1.82) is 0 Å². The molecule has 0 bridgehead atoms. The highest BCUT2D eigenvalue weighted by Gasteiger charge is 2.12. The normalized spacial score (nSPS) is 12.0. The second-order valence-electron chi connectivity index (χ2n) is 5.72. The second kappa shape index (κ2) is 11.4. The zero-order chi connectivity index (χ0) is 13.0. The Hall–Kier alpha value is 0.270. The Labute approximate surface area is 114 Å². The lowest BCUT2D eigenvalue weighted by Crippen LogP contribution is -2.41. The topological polar surface area (TPSA) is 26.0 Å². The molecule has 2 nitrogen and oxygen atoms in total. The van der Waals surface area contributed by atoms with Gasteiger partial charge in [0.05, 0.1) is 27.2 Å². The molecule has 3 heteroatoms. The summed E-state index contributed by atoms with van der Waals surface area (Å²) in [6, 6.07) is 0. The second-order valence-corrected chi connectivity index (χ2v) is 6.17. The molecule has 0 aliphatic rings. The van der Waals surface area contributed by atoms with Gasteiger partial charge in [0.25, 0.3) is 0 Å². The van der Waals surface area contributed by atoms with Gasteiger partial charge in [-0.2, -0.15) is 12.6 Å². The molecule has 0 heterocycles. The van der Waals surface area contributed by atoms with E-state index in [9.17, 15) is 0 Å². The molecule has 104 valence electrons. The SMILES string of the molecule is C[N+](C)(CCS)CCCCCCCCCCN. The maximum Gasteiger partial charge on any atom is 0.0871 e. The number of hydrogen-bond acceptors (Lipinski definition) is 2. The molecule has 0 saturated heterocycles. The fourth-order valence-electron chi connectivity index (χ4n) is 2.13. The summed E-state index contributed by atoms with van der Waals surface area (Å²) in [6.45, 7) is 3.34. The molecule has 0 unspecified atom stereocenters. The molecule has 0 aromatic rings. The summed E-state index contributed by atoms with van der Waals surface area (Å²) in [5.74, 6) is 0.994. The van der Waals surface area contributed by atoms with Crippen molar-refractivity contribution in [2.24, 2.45) is 5.73 Å². The smallest absolute Gasteiger partial charge is 0.0871 e. The van der Waals surface area contributed by atoms with E-state index >= 15 is 0 Å². The van der Waals surface area contributed by atoms with Crippen LogP contribution in [-0.2, 0) is 0 Å². The molecule has 0 rings (SSSR count). The molecular weight excluding hydrogens is 228 g/mol. The summed E-state index contributed by atoms with van der Waals surface area (Å²) in [5, 5.41) is 0. The number of hydrogen-bond donors (Lipinski definition) is 2. The molecule has 0 aliphatic carbocycles. The van der Waals surface area contributed by atoms with E-state index in [1.807, 2.05) is 0 Å². The van der Waals surface area contributed by atoms with Crippen LogP contribution in [0.5, 0.6) is 0 Å². The average Bonchev–Trinajstić information content (AvgIpc) is 2.27. The highest BCUT2D eigenvalue weighted by Crippen LogP contribution is 2.10. The minimum Gasteiger partial charge on any atom is -0.330 e. The van der Waals surface area contributed by atoms with Crippen molar-refractivity contribution in [3.63, 3.8) is 0 Å². The predicted molar refractivity (Wildman–Crippen MR) is 81.7 cm³/mol. The molecule has 2 N–H and O–H groups in total. The van der Waals surface area contributed by atoms with E-state index in [0.717, 1.165) is 16.8 Å². The minimum absolute atomic E-state index is 0.859. The third-order valence-corrected chi connectivity index (χ3v) is 3.62. The Bertz CT molecular complexity index is 160. The van der Waals surface area contributed by atoms with Gasteiger partial charge in [-0.3, -0.25) is 0 Å². The quantitative estimate of drug-likeness (QED) is 0.315. The fourth-order valence-corrected chi connectivity index (χ4v) is 2.67. The monoisotopic (exact) mass is 261 g/mol. The van der Waals surface area contributed by atoms with Crippen molar-refractivity contribution in [2.75, 3.05) is 39.5 Å². The molecule has 17 heavy (non-hydrogen) atoms. The molecular formula is C14H33N2S+. The molecule has 0 radical (unpaired) electrons. The van der Waals surface area contributed by atoms with E-state index in [4.69, 9.17) is 5.73 Å². The number of nitrogens with zero attached hydrogens (tertiary/aromatic N) is 1. The summed E-state index contributed by atoms with van der Waals surface area (Å²) in [5.41, 5.74) is 5.47. The Morgan fingerprint density at radius 2 is 1.24 bits per heavy atom. The maximum absolute atomic E-state index is 5.47. The van der Waals surface area contributed by atoms with E-state index in [1.54, 1.807) is 0 Å². The molecule has 0 aromatic heterocycles. The van der Waals surface area contributed by atoms with Crippen LogP contribution in [0.4, 0.5) is 0 Å². The van der Waals surface area contributed by atoms with Gasteiger partial charge >= 0.3 is 0 Å². The van der Waals surface area contributed by atoms with E-state index in [-0.39, 0.29) is 0 Å². The number of rotatable bonds is 12. The molecule has 0 fully saturated rings. The lowest BCUT2D eigenvalue weighted by atomic mass is 10.1. The molecule has 0 spiro atoms. The van der Waals surface area contributed by atoms with Crippen LogP contribution in [0, 0.1) is 0 Å². The van der Waals surface area contributed by atoms with E-state index in [0.29, 0.717) is 0 Å². The zero-order valence-corrected chi connectivity index (χ0v) is 12.9. The van der Waals surface area contributed by atoms with Crippen LogP contribution in [0.25, 0.3) is 0 Å². The Balaban J connectivity index is 3.18. The molecule has 0 atom stereocenters. The number of nitrogens with two attached hydrogens (primary N) is 1. The van der Waals surface area contributed by atoms with E-state index in [2.05, 4.69) is 26.7 Å². The van der Waals surface area contributed by atoms with Crippen LogP contribution in [0.15, 0.2) is 0 Å². The summed E-state index contributed by atoms with van der Waals surface area (Å²) < 4.78 is 1.12. The van der Waals surface area contributed by atoms with Gasteiger partial charge < -0.3 is 10.2 Å². The van der Waals surface area contributed by atoms with Crippen molar-refractivity contribution < 1.29 is 4.48 Å². The molecule has 0 amide bonds. The van der Waals surface area contributed by atoms with E-state index in [1.165, 1.54) is 64.5 Å². The Kier molecular flexibility index (Phi) is 11.5. The van der Waals surface area contributed by atoms with Gasteiger partial charge in [-0.05, 0) is 25.8 Å². The summed E-state index contributed by atoms with van der Waals surface area (Å²) in [4.78, 5) is 0. The van der Waals surface area contributed by atoms with Crippen LogP contribution in [-0.4, -0.2) is 44.0 Å². The van der Waals surface area contributed by atoms with Crippen molar-refractivity contribution in [3.05, 3.63) is 0 Å². The predicted octanol–water partition coefficient (Wildman–Crippen LogP) is 3.07. The summed E-state index contributed by atoms with van der Waals surface area (Å²) in [7, 11) is 4.62. The largest absolute Gasteiger partial charge is 0.330 e. The van der Waals surface area contributed by atoms with Crippen molar-refractivity contribution in [1.82, 2.24) is 0 Å². The third-order valence-electron chi connectivity index (χ3n) is 3.42. The zero-order valence-electron chi connectivity index (χ0n) is 12.0. The highest BCUT2D eigenvalue weighted by atomic mass is 32.1. The first-order chi connectivity index (χ1) is 8.12. The number of unbranched alkanes of at least 4 members (excludes halogenated alkanes) is 7. The van der Waals surface area contributed by atoms with Gasteiger partial charge in [0.2, 0.25) is 0 Å². The average molecular weight is 261 g/mol. The summed E-state index contributed by atoms with van der Waals surface area (Å²) in [6.07, 6.45) is 10.9. The van der Waals surface area contributed by atoms with Crippen molar-refractivity contribution in [2.45, 2.75) is 51.4 Å². The molecule has 0 saturated carbocycles. The lowest BCUT2D eigenvalue weighted by molar-refractivity contribution is -0.888. The lowest BCUT2D eigenvalue weighted by Gasteiger charge is -2.29. The number of thiol groups is 1. The van der Waals surface area contributed by atoms with Gasteiger partial charge in [-0.15, -0.1) is 0 Å². The van der Waals surface area contributed by atoms with Gasteiger partial charge in [0.1, 0.15) is 0 Å². The Morgan fingerprint density at radius 3 is 1.71 bits per heavy atom. The standard InChI is InChI=1S/C14H32N2S/c1-16(2,13-14-17)12-10-8-6-4-3-5-7-9-11-15/h3-15H2,1-2H3/p+1. The minimum atomic E-state index is 0.859. The van der Waals surface area contributed by atoms with Crippen LogP contribution < -0.4 is 5.73 Å². The first kappa shape index (κ1) is 17.3. The first-order valence-corrected chi connectivity index (χ1v) is 7.88. The third kappa shape index (κ3) is 12.5. The van der Waals surface area contributed by atoms with E-state index < -0.39 is 0 Å². The summed E-state index contributed by atoms with van der Waals surface area (Å²) >= 11 is 4.31.